The number of likely N-dealkylation sites (tertiary alicyclic amines) is 1. The van der Waals surface area contributed by atoms with Gasteiger partial charge in [-0.1, -0.05) is 35.9 Å². The van der Waals surface area contributed by atoms with Crippen molar-refractivity contribution in [3.05, 3.63) is 64.7 Å². The first-order valence-electron chi connectivity index (χ1n) is 9.58. The third-order valence-electron chi connectivity index (χ3n) is 5.81. The van der Waals surface area contributed by atoms with Crippen molar-refractivity contribution < 1.29 is 9.53 Å². The lowest BCUT2D eigenvalue weighted by molar-refractivity contribution is -0.129. The smallest absolute Gasteiger partial charge is 0.227 e. The van der Waals surface area contributed by atoms with Crippen molar-refractivity contribution in [2.75, 3.05) is 13.1 Å². The Bertz CT molecular complexity index is 825. The topological polar surface area (TPSA) is 55.6 Å². The number of fused-ring (bicyclic) bond motifs is 1. The van der Waals surface area contributed by atoms with E-state index in [-0.39, 0.29) is 11.9 Å². The van der Waals surface area contributed by atoms with Gasteiger partial charge < -0.3 is 15.4 Å². The highest BCUT2D eigenvalue weighted by molar-refractivity contribution is 6.30. The summed E-state index contributed by atoms with van der Waals surface area (Å²) < 4.78 is 5.87. The van der Waals surface area contributed by atoms with Crippen LogP contribution in [0.25, 0.3) is 0 Å². The Hall–Kier alpha value is -2.04. The summed E-state index contributed by atoms with van der Waals surface area (Å²) in [5.41, 5.74) is 8.18. The molecule has 1 saturated heterocycles. The second kappa shape index (κ2) is 7.91. The van der Waals surface area contributed by atoms with Gasteiger partial charge in [-0.15, -0.1) is 0 Å². The molecule has 2 N–H and O–H groups in total. The second-order valence-electron chi connectivity index (χ2n) is 7.71. The van der Waals surface area contributed by atoms with E-state index in [4.69, 9.17) is 22.1 Å². The summed E-state index contributed by atoms with van der Waals surface area (Å²) in [7, 11) is 0. The molecule has 2 aliphatic rings. The van der Waals surface area contributed by atoms with Gasteiger partial charge in [-0.3, -0.25) is 4.79 Å². The molecule has 3 atom stereocenters. The zero-order valence-electron chi connectivity index (χ0n) is 15.3. The maximum atomic E-state index is 12.7. The van der Waals surface area contributed by atoms with Gasteiger partial charge in [0.2, 0.25) is 5.91 Å². The molecule has 3 unspecified atom stereocenters. The molecule has 0 spiro atoms. The summed E-state index contributed by atoms with van der Waals surface area (Å²) >= 11 is 6.01. The number of halogens is 1. The standard InChI is InChI=1S/C22H25ClN2O2/c23-18-5-1-4-16(9-18)14-27-19-6-2-3-15(10-19)11-22(26)25-12-17-7-8-21(24)20(17)13-25/h1-6,9-10,17,20-21H,7-8,11-14,24H2. The van der Waals surface area contributed by atoms with Crippen LogP contribution < -0.4 is 10.5 Å². The van der Waals surface area contributed by atoms with Gasteiger partial charge >= 0.3 is 0 Å². The molecule has 1 saturated carbocycles. The number of hydrogen-bond acceptors (Lipinski definition) is 3. The van der Waals surface area contributed by atoms with Gasteiger partial charge in [0.25, 0.3) is 0 Å². The molecule has 0 aromatic heterocycles. The van der Waals surface area contributed by atoms with Crippen LogP contribution in [-0.2, 0) is 17.8 Å². The van der Waals surface area contributed by atoms with E-state index in [1.54, 1.807) is 0 Å². The van der Waals surface area contributed by atoms with Gasteiger partial charge in [-0.25, -0.2) is 0 Å². The number of amides is 1. The van der Waals surface area contributed by atoms with Crippen molar-refractivity contribution in [3.63, 3.8) is 0 Å². The van der Waals surface area contributed by atoms with E-state index in [9.17, 15) is 4.79 Å². The predicted molar refractivity (Wildman–Crippen MR) is 107 cm³/mol. The third kappa shape index (κ3) is 4.28. The van der Waals surface area contributed by atoms with Gasteiger partial charge in [-0.2, -0.15) is 0 Å². The molecule has 1 aliphatic heterocycles. The maximum Gasteiger partial charge on any atom is 0.227 e. The quantitative estimate of drug-likeness (QED) is 0.855. The first kappa shape index (κ1) is 18.3. The summed E-state index contributed by atoms with van der Waals surface area (Å²) in [5.74, 6) is 2.03. The van der Waals surface area contributed by atoms with Crippen molar-refractivity contribution in [1.82, 2.24) is 4.90 Å². The fourth-order valence-electron chi connectivity index (χ4n) is 4.34. The van der Waals surface area contributed by atoms with Gasteiger partial charge in [0.05, 0.1) is 6.42 Å². The Balaban J connectivity index is 1.34. The lowest BCUT2D eigenvalue weighted by Gasteiger charge is -2.19. The van der Waals surface area contributed by atoms with Crippen molar-refractivity contribution in [2.24, 2.45) is 17.6 Å². The fraction of sp³-hybridized carbons (Fsp3) is 0.409. The molecular weight excluding hydrogens is 360 g/mol. The number of carbonyl (C=O) groups excluding carboxylic acids is 1. The summed E-state index contributed by atoms with van der Waals surface area (Å²) in [5, 5.41) is 0.700. The molecule has 142 valence electrons. The minimum atomic E-state index is 0.184. The van der Waals surface area contributed by atoms with E-state index in [1.165, 1.54) is 0 Å². The van der Waals surface area contributed by atoms with Crippen LogP contribution >= 0.6 is 11.6 Å². The zero-order valence-corrected chi connectivity index (χ0v) is 16.1. The lowest BCUT2D eigenvalue weighted by Crippen LogP contribution is -2.34. The van der Waals surface area contributed by atoms with Gasteiger partial charge in [0, 0.05) is 24.2 Å². The normalized spacial score (nSPS) is 24.1. The number of ether oxygens (including phenoxy) is 1. The molecule has 2 aromatic rings. The van der Waals surface area contributed by atoms with Gasteiger partial charge in [0.1, 0.15) is 12.4 Å². The maximum absolute atomic E-state index is 12.7. The first-order chi connectivity index (χ1) is 13.1. The highest BCUT2D eigenvalue weighted by atomic mass is 35.5. The van der Waals surface area contributed by atoms with Crippen LogP contribution in [0.3, 0.4) is 0 Å². The van der Waals surface area contributed by atoms with E-state index in [0.717, 1.165) is 42.8 Å². The van der Waals surface area contributed by atoms with Crippen molar-refractivity contribution in [2.45, 2.75) is 31.9 Å². The molecule has 4 nitrogen and oxygen atoms in total. The van der Waals surface area contributed by atoms with Crippen LogP contribution in [0.4, 0.5) is 0 Å². The highest BCUT2D eigenvalue weighted by Crippen LogP contribution is 2.37. The predicted octanol–water partition coefficient (Wildman–Crippen LogP) is 3.66. The molecule has 1 heterocycles. The molecule has 0 radical (unpaired) electrons. The Morgan fingerprint density at radius 3 is 2.74 bits per heavy atom. The van der Waals surface area contributed by atoms with E-state index >= 15 is 0 Å². The molecule has 1 aliphatic carbocycles. The van der Waals surface area contributed by atoms with Gasteiger partial charge in [0.15, 0.2) is 0 Å². The van der Waals surface area contributed by atoms with Crippen molar-refractivity contribution >= 4 is 17.5 Å². The summed E-state index contributed by atoms with van der Waals surface area (Å²) in [6.45, 7) is 2.13. The van der Waals surface area contributed by atoms with E-state index in [1.807, 2.05) is 53.4 Å². The van der Waals surface area contributed by atoms with Crippen LogP contribution in [0.2, 0.25) is 5.02 Å². The van der Waals surface area contributed by atoms with E-state index in [0.29, 0.717) is 29.9 Å². The SMILES string of the molecule is NC1CCC2CN(C(=O)Cc3cccc(OCc4cccc(Cl)c4)c3)CC12. The van der Waals surface area contributed by atoms with E-state index < -0.39 is 0 Å². The Morgan fingerprint density at radius 1 is 1.11 bits per heavy atom. The zero-order chi connectivity index (χ0) is 18.8. The summed E-state index contributed by atoms with van der Waals surface area (Å²) in [6, 6.07) is 15.7. The molecular formula is C22H25ClN2O2. The minimum absolute atomic E-state index is 0.184. The molecule has 27 heavy (non-hydrogen) atoms. The number of nitrogens with two attached hydrogens (primary N) is 1. The average Bonchev–Trinajstić information content (AvgIpc) is 3.23. The Morgan fingerprint density at radius 2 is 1.93 bits per heavy atom. The Labute approximate surface area is 165 Å². The molecule has 5 heteroatoms. The van der Waals surface area contributed by atoms with Crippen LogP contribution in [0.1, 0.15) is 24.0 Å². The molecule has 0 bridgehead atoms. The third-order valence-corrected chi connectivity index (χ3v) is 6.05. The van der Waals surface area contributed by atoms with Crippen LogP contribution in [0, 0.1) is 11.8 Å². The number of nitrogens with zero attached hydrogens (tertiary/aromatic N) is 1. The number of carbonyl (C=O) groups is 1. The molecule has 4 rings (SSSR count). The minimum Gasteiger partial charge on any atom is -0.489 e. The van der Waals surface area contributed by atoms with Crippen LogP contribution in [-0.4, -0.2) is 29.9 Å². The second-order valence-corrected chi connectivity index (χ2v) is 8.14. The van der Waals surface area contributed by atoms with E-state index in [2.05, 4.69) is 0 Å². The summed E-state index contributed by atoms with van der Waals surface area (Å²) in [4.78, 5) is 14.7. The number of hydrogen-bond donors (Lipinski definition) is 1. The molecule has 2 aromatic carbocycles. The molecule has 2 fully saturated rings. The van der Waals surface area contributed by atoms with Crippen molar-refractivity contribution in [3.8, 4) is 5.75 Å². The monoisotopic (exact) mass is 384 g/mol. The average molecular weight is 385 g/mol. The van der Waals surface area contributed by atoms with Crippen molar-refractivity contribution in [1.29, 1.82) is 0 Å². The summed E-state index contributed by atoms with van der Waals surface area (Å²) in [6.07, 6.45) is 2.66. The lowest BCUT2D eigenvalue weighted by atomic mass is 9.98. The van der Waals surface area contributed by atoms with Gasteiger partial charge in [-0.05, 0) is 60.1 Å². The van der Waals surface area contributed by atoms with Crippen LogP contribution in [0.5, 0.6) is 5.75 Å². The number of benzene rings is 2. The highest BCUT2D eigenvalue weighted by Gasteiger charge is 2.42. The Kier molecular flexibility index (Phi) is 5.37. The largest absolute Gasteiger partial charge is 0.489 e. The first-order valence-corrected chi connectivity index (χ1v) is 9.96. The number of rotatable bonds is 5. The molecule has 1 amide bonds. The van der Waals surface area contributed by atoms with Crippen LogP contribution in [0.15, 0.2) is 48.5 Å². The fourth-order valence-corrected chi connectivity index (χ4v) is 4.55.